The molecule has 1 atom stereocenters. The van der Waals surface area contributed by atoms with E-state index in [1.807, 2.05) is 19.9 Å². The van der Waals surface area contributed by atoms with Crippen molar-refractivity contribution in [3.05, 3.63) is 35.9 Å². The van der Waals surface area contributed by atoms with Crippen molar-refractivity contribution >= 4 is 17.8 Å². The largest absolute Gasteiger partial charge is 0.481 e. The van der Waals surface area contributed by atoms with Gasteiger partial charge < -0.3 is 19.5 Å². The lowest BCUT2D eigenvalue weighted by molar-refractivity contribution is -0.163. The summed E-state index contributed by atoms with van der Waals surface area (Å²) >= 11 is 0. The first-order valence-electron chi connectivity index (χ1n) is 9.50. The summed E-state index contributed by atoms with van der Waals surface area (Å²) in [5, 5.41) is 9.45. The molecule has 7 nitrogen and oxygen atoms in total. The summed E-state index contributed by atoms with van der Waals surface area (Å²) in [5.41, 5.74) is -2.21. The van der Waals surface area contributed by atoms with Gasteiger partial charge in [-0.05, 0) is 39.7 Å². The summed E-state index contributed by atoms with van der Waals surface area (Å²) in [4.78, 5) is 39.0. The minimum Gasteiger partial charge on any atom is -0.481 e. The predicted molar refractivity (Wildman–Crippen MR) is 110 cm³/mol. The van der Waals surface area contributed by atoms with Gasteiger partial charge in [0.1, 0.15) is 0 Å². The van der Waals surface area contributed by atoms with Gasteiger partial charge in [-0.1, -0.05) is 30.3 Å². The Kier molecular flexibility index (Phi) is 7.98. The molecule has 1 heterocycles. The molecule has 1 N–H and O–H groups in total. The molecule has 0 bridgehead atoms. The number of carbonyl (C=O) groups excluding carboxylic acids is 2. The number of carboxylic acid groups (broad SMARTS) is 1. The highest BCUT2D eigenvalue weighted by Crippen LogP contribution is 2.46. The number of methoxy groups -OCH3 is 2. The van der Waals surface area contributed by atoms with E-state index in [-0.39, 0.29) is 12.3 Å². The topological polar surface area (TPSA) is 93.1 Å². The van der Waals surface area contributed by atoms with E-state index in [9.17, 15) is 19.5 Å². The van der Waals surface area contributed by atoms with Crippen LogP contribution >= 0.6 is 0 Å². The Bertz CT molecular complexity index is 728. The van der Waals surface area contributed by atoms with E-state index < -0.39 is 28.3 Å². The summed E-state index contributed by atoms with van der Waals surface area (Å²) in [6.45, 7) is 7.51. The van der Waals surface area contributed by atoms with Gasteiger partial charge in [-0.15, -0.1) is 0 Å². The Morgan fingerprint density at radius 1 is 1.10 bits per heavy atom. The molecule has 1 saturated heterocycles. The van der Waals surface area contributed by atoms with Crippen LogP contribution in [0.25, 0.3) is 0 Å². The van der Waals surface area contributed by atoms with Crippen molar-refractivity contribution in [1.82, 2.24) is 4.90 Å². The summed E-state index contributed by atoms with van der Waals surface area (Å²) in [6.07, 6.45) is 0.115. The van der Waals surface area contributed by atoms with Crippen LogP contribution in [0.1, 0.15) is 46.1 Å². The van der Waals surface area contributed by atoms with Gasteiger partial charge in [0, 0.05) is 20.8 Å². The van der Waals surface area contributed by atoms with E-state index in [0.717, 1.165) is 0 Å². The minimum atomic E-state index is -1.11. The Balaban J connectivity index is 0.00000132. The molecule has 0 saturated carbocycles. The normalized spacial score (nSPS) is 19.4. The van der Waals surface area contributed by atoms with Crippen molar-refractivity contribution in [2.45, 2.75) is 51.5 Å². The van der Waals surface area contributed by atoms with Crippen molar-refractivity contribution in [1.29, 1.82) is 0 Å². The maximum absolute atomic E-state index is 13.5. The van der Waals surface area contributed by atoms with E-state index >= 15 is 0 Å². The highest BCUT2D eigenvalue weighted by Gasteiger charge is 2.57. The van der Waals surface area contributed by atoms with Gasteiger partial charge in [0.2, 0.25) is 5.91 Å². The third-order valence-electron chi connectivity index (χ3n) is 6.10. The fourth-order valence-corrected chi connectivity index (χ4v) is 3.69. The van der Waals surface area contributed by atoms with E-state index in [1.165, 1.54) is 7.11 Å². The first-order chi connectivity index (χ1) is 13.4. The number of likely N-dealkylation sites (tertiary alicyclic amines) is 1. The highest BCUT2D eigenvalue weighted by atomic mass is 16.5. The summed E-state index contributed by atoms with van der Waals surface area (Å²) < 4.78 is 9.18. The number of rotatable bonds is 6. The third kappa shape index (κ3) is 4.61. The molecular formula is C22H33NO6. The van der Waals surface area contributed by atoms with E-state index in [0.29, 0.717) is 18.5 Å². The number of ether oxygens (including phenoxy) is 2. The number of hydrogen-bond donors (Lipinski definition) is 1. The average molecular weight is 408 g/mol. The van der Waals surface area contributed by atoms with Gasteiger partial charge in [-0.2, -0.15) is 0 Å². The molecule has 1 amide bonds. The second-order valence-corrected chi connectivity index (χ2v) is 8.31. The maximum atomic E-state index is 13.5. The molecule has 0 aromatic heterocycles. The van der Waals surface area contributed by atoms with Crippen molar-refractivity contribution in [3.63, 3.8) is 0 Å². The van der Waals surface area contributed by atoms with E-state index in [1.54, 1.807) is 57.2 Å². The minimum absolute atomic E-state index is 0.256. The van der Waals surface area contributed by atoms with Crippen molar-refractivity contribution < 1.29 is 29.0 Å². The Labute approximate surface area is 173 Å². The number of carboxylic acids is 1. The zero-order chi connectivity index (χ0) is 22.5. The molecule has 0 radical (unpaired) electrons. The fourth-order valence-electron chi connectivity index (χ4n) is 3.69. The second-order valence-electron chi connectivity index (χ2n) is 8.31. The lowest BCUT2D eigenvalue weighted by Gasteiger charge is -2.46. The number of hydrogen-bond acceptors (Lipinski definition) is 5. The van der Waals surface area contributed by atoms with Crippen LogP contribution in [0.3, 0.4) is 0 Å². The van der Waals surface area contributed by atoms with Crippen LogP contribution < -0.4 is 0 Å². The SMILES string of the molecule is COC.COC(=O)C(C)(C)C(C)(C)N1CCC(CC(=O)O)(c2ccccc2)C1=O. The lowest BCUT2D eigenvalue weighted by Crippen LogP contribution is -2.59. The number of amides is 1. The van der Waals surface area contributed by atoms with Crippen molar-refractivity contribution in [2.24, 2.45) is 5.41 Å². The molecule has 1 unspecified atom stereocenters. The molecule has 1 aromatic carbocycles. The van der Waals surface area contributed by atoms with Crippen molar-refractivity contribution in [2.75, 3.05) is 27.9 Å². The summed E-state index contributed by atoms with van der Waals surface area (Å²) in [6, 6.07) is 9.03. The standard InChI is InChI=1S/C20H27NO5.C2H6O/c1-18(2,17(25)26-5)19(3,4)21-12-11-20(16(21)24,13-15(22)23)14-9-7-6-8-10-14;1-3-2/h6-10H,11-13H2,1-5H3,(H,22,23);1-2H3. The molecule has 1 aliphatic heterocycles. The molecule has 2 rings (SSSR count). The van der Waals surface area contributed by atoms with Crippen LogP contribution in [0.4, 0.5) is 0 Å². The predicted octanol–water partition coefficient (Wildman–Crippen LogP) is 2.87. The molecule has 29 heavy (non-hydrogen) atoms. The van der Waals surface area contributed by atoms with Crippen LogP contribution in [0.5, 0.6) is 0 Å². The number of nitrogens with zero attached hydrogens (tertiary/aromatic N) is 1. The molecular weight excluding hydrogens is 374 g/mol. The lowest BCUT2D eigenvalue weighted by atomic mass is 9.72. The first-order valence-corrected chi connectivity index (χ1v) is 9.50. The molecule has 0 spiro atoms. The van der Waals surface area contributed by atoms with Gasteiger partial charge in [0.05, 0.1) is 29.9 Å². The Hall–Kier alpha value is -2.41. The zero-order valence-corrected chi connectivity index (χ0v) is 18.4. The van der Waals surface area contributed by atoms with Crippen molar-refractivity contribution in [3.8, 4) is 0 Å². The third-order valence-corrected chi connectivity index (χ3v) is 6.10. The molecule has 0 aliphatic carbocycles. The van der Waals surface area contributed by atoms with Crippen LogP contribution in [0, 0.1) is 5.41 Å². The van der Waals surface area contributed by atoms with Gasteiger partial charge in [0.15, 0.2) is 0 Å². The van der Waals surface area contributed by atoms with Crippen LogP contribution in [0.15, 0.2) is 30.3 Å². The highest BCUT2D eigenvalue weighted by molar-refractivity contribution is 5.95. The Morgan fingerprint density at radius 3 is 2.07 bits per heavy atom. The summed E-state index contributed by atoms with van der Waals surface area (Å²) in [7, 11) is 4.57. The number of benzene rings is 1. The molecule has 162 valence electrons. The number of aliphatic carboxylic acids is 1. The van der Waals surface area contributed by atoms with E-state index in [2.05, 4.69) is 4.74 Å². The molecule has 1 aromatic rings. The van der Waals surface area contributed by atoms with Gasteiger partial charge in [-0.25, -0.2) is 0 Å². The molecule has 1 fully saturated rings. The summed E-state index contributed by atoms with van der Waals surface area (Å²) in [5.74, 6) is -1.69. The zero-order valence-electron chi connectivity index (χ0n) is 18.4. The average Bonchev–Trinajstić information content (AvgIpc) is 2.99. The quantitative estimate of drug-likeness (QED) is 0.729. The van der Waals surface area contributed by atoms with Crippen LogP contribution in [-0.4, -0.2) is 61.3 Å². The Morgan fingerprint density at radius 2 is 1.62 bits per heavy atom. The maximum Gasteiger partial charge on any atom is 0.313 e. The smallest absolute Gasteiger partial charge is 0.313 e. The number of esters is 1. The first kappa shape index (κ1) is 24.6. The van der Waals surface area contributed by atoms with Gasteiger partial charge in [-0.3, -0.25) is 14.4 Å². The van der Waals surface area contributed by atoms with E-state index in [4.69, 9.17) is 4.74 Å². The second kappa shape index (κ2) is 9.39. The van der Waals surface area contributed by atoms with Gasteiger partial charge in [0.25, 0.3) is 0 Å². The fraction of sp³-hybridized carbons (Fsp3) is 0.591. The van der Waals surface area contributed by atoms with Crippen LogP contribution in [-0.2, 0) is 29.3 Å². The monoisotopic (exact) mass is 407 g/mol. The molecule has 1 aliphatic rings. The number of carbonyl (C=O) groups is 3. The molecule has 7 heteroatoms. The van der Waals surface area contributed by atoms with Gasteiger partial charge >= 0.3 is 11.9 Å². The van der Waals surface area contributed by atoms with Crippen LogP contribution in [0.2, 0.25) is 0 Å².